The second kappa shape index (κ2) is 19.5. The molecule has 302 valence electrons. The van der Waals surface area contributed by atoms with Gasteiger partial charge in [0.05, 0.1) is 23.3 Å². The van der Waals surface area contributed by atoms with Gasteiger partial charge in [-0.05, 0) is 44.9 Å². The molecule has 0 saturated carbocycles. The van der Waals surface area contributed by atoms with Gasteiger partial charge in [-0.25, -0.2) is 4.79 Å². The lowest BCUT2D eigenvalue weighted by atomic mass is 9.84. The fraction of sp³-hybridized carbons (Fsp3) is 0.283. The van der Waals surface area contributed by atoms with Crippen LogP contribution < -0.4 is 10.6 Å². The highest BCUT2D eigenvalue weighted by Gasteiger charge is 2.40. The first-order valence-corrected chi connectivity index (χ1v) is 21.1. The molecule has 2 amide bonds. The van der Waals surface area contributed by atoms with Crippen LogP contribution in [0.1, 0.15) is 54.0 Å². The molecule has 5 aromatic rings. The average molecular weight is 860 g/mol. The molecule has 0 aromatic heterocycles. The minimum absolute atomic E-state index is 0.0486. The summed E-state index contributed by atoms with van der Waals surface area (Å²) in [5.74, 6) is -1.82. The van der Waals surface area contributed by atoms with Crippen LogP contribution in [0.4, 0.5) is 4.79 Å². The second-order valence-corrected chi connectivity index (χ2v) is 18.2. The molecule has 3 N–H and O–H groups in total. The van der Waals surface area contributed by atoms with Gasteiger partial charge in [-0.2, -0.15) is 0 Å². The van der Waals surface area contributed by atoms with Crippen molar-refractivity contribution in [2.45, 2.75) is 52.9 Å². The highest BCUT2D eigenvalue weighted by molar-refractivity contribution is 8.00. The number of ether oxygens (including phenoxy) is 2. The number of rotatable bonds is 16. The smallest absolute Gasteiger partial charge is 0.407 e. The van der Waals surface area contributed by atoms with Gasteiger partial charge in [0.2, 0.25) is 9.70 Å². The van der Waals surface area contributed by atoms with E-state index in [2.05, 4.69) is 22.8 Å². The number of esters is 1. The molecule has 12 heteroatoms. The van der Waals surface area contributed by atoms with Gasteiger partial charge in [0.1, 0.15) is 19.3 Å². The summed E-state index contributed by atoms with van der Waals surface area (Å²) in [5.41, 5.74) is 7.22. The Labute approximate surface area is 358 Å². The molecule has 0 bridgehead atoms. The summed E-state index contributed by atoms with van der Waals surface area (Å²) >= 11 is 18.7. The lowest BCUT2D eigenvalue weighted by Gasteiger charge is -2.37. The quantitative estimate of drug-likeness (QED) is 0.0515. The van der Waals surface area contributed by atoms with E-state index in [0.717, 1.165) is 38.9 Å². The third kappa shape index (κ3) is 10.4. The molecule has 0 saturated heterocycles. The first-order valence-electron chi connectivity index (χ1n) is 19.0. The zero-order chi connectivity index (χ0) is 41.3. The first-order chi connectivity index (χ1) is 27.9. The van der Waals surface area contributed by atoms with Crippen LogP contribution in [-0.4, -0.2) is 64.0 Å². The Morgan fingerprint density at radius 2 is 1.16 bits per heavy atom. The predicted molar refractivity (Wildman–Crippen MR) is 232 cm³/mol. The number of amides is 2. The van der Waals surface area contributed by atoms with Crippen molar-refractivity contribution in [2.24, 2.45) is 5.92 Å². The minimum atomic E-state index is -1.82. The normalized spacial score (nSPS) is 14.1. The number of carbonyl (C=O) groups excluding carboxylic acids is 3. The first kappa shape index (κ1) is 43.1. The fourth-order valence-corrected chi connectivity index (χ4v) is 9.16. The molecule has 6 rings (SSSR count). The highest BCUT2D eigenvalue weighted by Crippen LogP contribution is 2.49. The lowest BCUT2D eigenvalue weighted by Crippen LogP contribution is -2.55. The molecule has 1 aliphatic rings. The van der Waals surface area contributed by atoms with E-state index < -0.39 is 57.7 Å². The summed E-state index contributed by atoms with van der Waals surface area (Å²) in [7, 11) is 0. The van der Waals surface area contributed by atoms with Crippen LogP contribution in [0.15, 0.2) is 140 Å². The van der Waals surface area contributed by atoms with E-state index in [-0.39, 0.29) is 24.2 Å². The van der Waals surface area contributed by atoms with Gasteiger partial charge >= 0.3 is 12.1 Å². The minimum Gasteiger partial charge on any atom is -0.461 e. The van der Waals surface area contributed by atoms with Crippen LogP contribution in [0.5, 0.6) is 0 Å². The number of halogens is 3. The van der Waals surface area contributed by atoms with Gasteiger partial charge in [-0.1, -0.05) is 188 Å². The van der Waals surface area contributed by atoms with E-state index in [9.17, 15) is 19.5 Å². The molecule has 0 spiro atoms. The standard InChI is InChI=1S/C46H45Cl3N2O6S/c1-30(2)42(40(52)26-41(53)57-29-45(47,48)49)51-43(54)39(50-44(55)56-27-38-36-24-14-12-22-34(36)35-23-13-15-25-37(35)38)28-58-46(31-16-6-3-7-17-31,32-18-8-4-9-19-32)33-20-10-5-11-21-33/h3-25,30,38-40,42,52H,26-29H2,1-2H3,(H,50,55)(H,51,54)/t39-,40+,42-/m1/s1. The molecule has 1 aliphatic carbocycles. The van der Waals surface area contributed by atoms with Crippen LogP contribution in [0.25, 0.3) is 11.1 Å². The number of carbonyl (C=O) groups is 3. The Balaban J connectivity index is 1.29. The Kier molecular flexibility index (Phi) is 14.5. The number of nitrogens with one attached hydrogen (secondary N) is 2. The summed E-state index contributed by atoms with van der Waals surface area (Å²) in [5, 5.41) is 17.0. The summed E-state index contributed by atoms with van der Waals surface area (Å²) in [4.78, 5) is 40.9. The maximum atomic E-state index is 14.5. The number of fused-ring (bicyclic) bond motifs is 3. The Hall–Kier alpha value is -4.51. The number of aliphatic hydroxyl groups excluding tert-OH is 1. The average Bonchev–Trinajstić information content (AvgIpc) is 3.55. The number of thioether (sulfide) groups is 1. The lowest BCUT2D eigenvalue weighted by molar-refractivity contribution is -0.146. The molecular formula is C46H45Cl3N2O6S. The molecule has 8 nitrogen and oxygen atoms in total. The van der Waals surface area contributed by atoms with Crippen LogP contribution >= 0.6 is 46.6 Å². The van der Waals surface area contributed by atoms with E-state index in [4.69, 9.17) is 44.3 Å². The van der Waals surface area contributed by atoms with Gasteiger partial charge in [0.15, 0.2) is 0 Å². The number of aliphatic hydroxyl groups is 1. The van der Waals surface area contributed by atoms with Gasteiger partial charge in [0, 0.05) is 11.7 Å². The molecule has 0 radical (unpaired) electrons. The largest absolute Gasteiger partial charge is 0.461 e. The van der Waals surface area contributed by atoms with Crippen molar-refractivity contribution in [3.8, 4) is 11.1 Å². The number of benzene rings is 5. The third-order valence-corrected chi connectivity index (χ3v) is 12.1. The SMILES string of the molecule is CC(C)[C@@H](NC(=O)[C@@H](CSC(c1ccccc1)(c1ccccc1)c1ccccc1)NC(=O)OCC1c2ccccc2-c2ccccc21)[C@@H](O)CC(=O)OCC(Cl)(Cl)Cl. The van der Waals surface area contributed by atoms with Crippen molar-refractivity contribution in [1.82, 2.24) is 10.6 Å². The Morgan fingerprint density at radius 3 is 1.62 bits per heavy atom. The fourth-order valence-electron chi connectivity index (χ4n) is 7.43. The Bertz CT molecular complexity index is 2010. The zero-order valence-corrected chi connectivity index (χ0v) is 35.1. The van der Waals surface area contributed by atoms with Gasteiger partial charge in [0.25, 0.3) is 0 Å². The van der Waals surface area contributed by atoms with Crippen molar-refractivity contribution < 1.29 is 29.0 Å². The maximum absolute atomic E-state index is 14.5. The van der Waals surface area contributed by atoms with Crippen molar-refractivity contribution in [3.05, 3.63) is 167 Å². The maximum Gasteiger partial charge on any atom is 0.407 e. The van der Waals surface area contributed by atoms with Crippen LogP contribution in [-0.2, 0) is 23.8 Å². The van der Waals surface area contributed by atoms with Crippen molar-refractivity contribution in [2.75, 3.05) is 19.0 Å². The molecule has 0 heterocycles. The van der Waals surface area contributed by atoms with Crippen LogP contribution in [0.2, 0.25) is 0 Å². The van der Waals surface area contributed by atoms with E-state index in [1.807, 2.05) is 127 Å². The van der Waals surface area contributed by atoms with Crippen molar-refractivity contribution in [1.29, 1.82) is 0 Å². The van der Waals surface area contributed by atoms with Gasteiger partial charge < -0.3 is 25.2 Å². The zero-order valence-electron chi connectivity index (χ0n) is 32.0. The predicted octanol–water partition coefficient (Wildman–Crippen LogP) is 9.42. The van der Waals surface area contributed by atoms with Crippen molar-refractivity contribution >= 4 is 64.5 Å². The molecule has 0 unspecified atom stereocenters. The summed E-state index contributed by atoms with van der Waals surface area (Å²) < 4.78 is 8.34. The van der Waals surface area contributed by atoms with E-state index in [1.54, 1.807) is 13.8 Å². The molecule has 3 atom stereocenters. The third-order valence-electron chi connectivity index (χ3n) is 10.2. The van der Waals surface area contributed by atoms with E-state index in [1.165, 1.54) is 11.8 Å². The van der Waals surface area contributed by atoms with Gasteiger partial charge in [-0.15, -0.1) is 11.8 Å². The molecule has 0 aliphatic heterocycles. The summed E-state index contributed by atoms with van der Waals surface area (Å²) in [6.07, 6.45) is -2.60. The Morgan fingerprint density at radius 1 is 0.690 bits per heavy atom. The number of hydrogen-bond acceptors (Lipinski definition) is 7. The van der Waals surface area contributed by atoms with E-state index >= 15 is 0 Å². The number of hydrogen-bond donors (Lipinski definition) is 3. The highest BCUT2D eigenvalue weighted by atomic mass is 35.6. The van der Waals surface area contributed by atoms with E-state index in [0.29, 0.717) is 0 Å². The van der Waals surface area contributed by atoms with Gasteiger partial charge in [-0.3, -0.25) is 9.59 Å². The summed E-state index contributed by atoms with van der Waals surface area (Å²) in [6, 6.07) is 44.0. The van der Waals surface area contributed by atoms with Crippen molar-refractivity contribution in [3.63, 3.8) is 0 Å². The summed E-state index contributed by atoms with van der Waals surface area (Å²) in [6.45, 7) is 3.15. The number of alkyl halides is 3. The number of alkyl carbamates (subject to hydrolysis) is 1. The molecule has 58 heavy (non-hydrogen) atoms. The monoisotopic (exact) mass is 858 g/mol. The molecule has 5 aromatic carbocycles. The molecular weight excluding hydrogens is 815 g/mol. The topological polar surface area (TPSA) is 114 Å². The molecule has 0 fully saturated rings. The van der Waals surface area contributed by atoms with Crippen LogP contribution in [0.3, 0.4) is 0 Å². The van der Waals surface area contributed by atoms with Crippen LogP contribution in [0, 0.1) is 5.92 Å². The second-order valence-electron chi connectivity index (χ2n) is 14.4.